The third-order valence-electron chi connectivity index (χ3n) is 2.31. The molecule has 0 aliphatic carbocycles. The second-order valence-electron chi connectivity index (χ2n) is 3.62. The van der Waals surface area contributed by atoms with Crippen molar-refractivity contribution < 1.29 is 13.9 Å². The van der Waals surface area contributed by atoms with Gasteiger partial charge in [0.2, 0.25) is 0 Å². The van der Waals surface area contributed by atoms with Crippen LogP contribution in [-0.2, 0) is 0 Å². The van der Waals surface area contributed by atoms with Crippen LogP contribution in [0, 0.1) is 5.82 Å². The molecular formula is C14H11FO2. The standard InChI is InChI=1S/C14H11FO2/c1-10(16)11-7-8-14(13(15)9-11)17-12-5-3-2-4-6-12/h2-9H,1H3. The first kappa shape index (κ1) is 11.3. The van der Waals surface area contributed by atoms with Crippen molar-refractivity contribution in [2.24, 2.45) is 0 Å². The Labute approximate surface area is 98.7 Å². The SMILES string of the molecule is CC(=O)c1ccc(Oc2ccccc2)c(F)c1. The normalized spacial score (nSPS) is 10.0. The van der Waals surface area contributed by atoms with E-state index in [1.807, 2.05) is 6.07 Å². The summed E-state index contributed by atoms with van der Waals surface area (Å²) in [6.07, 6.45) is 0. The number of para-hydroxylation sites is 1. The molecule has 0 N–H and O–H groups in total. The lowest BCUT2D eigenvalue weighted by Gasteiger charge is -2.07. The number of carbonyl (C=O) groups excluding carboxylic acids is 1. The van der Waals surface area contributed by atoms with E-state index in [0.29, 0.717) is 11.3 Å². The highest BCUT2D eigenvalue weighted by Gasteiger charge is 2.08. The van der Waals surface area contributed by atoms with Crippen LogP contribution in [0.25, 0.3) is 0 Å². The number of hydrogen-bond donors (Lipinski definition) is 0. The van der Waals surface area contributed by atoms with Crippen molar-refractivity contribution in [2.75, 3.05) is 0 Å². The van der Waals surface area contributed by atoms with Crippen molar-refractivity contribution in [1.29, 1.82) is 0 Å². The Morgan fingerprint density at radius 3 is 2.41 bits per heavy atom. The average molecular weight is 230 g/mol. The molecule has 0 radical (unpaired) electrons. The number of rotatable bonds is 3. The quantitative estimate of drug-likeness (QED) is 0.749. The Morgan fingerprint density at radius 1 is 1.12 bits per heavy atom. The molecule has 17 heavy (non-hydrogen) atoms. The van der Waals surface area contributed by atoms with Crippen molar-refractivity contribution in [3.05, 3.63) is 59.9 Å². The zero-order chi connectivity index (χ0) is 12.3. The van der Waals surface area contributed by atoms with Gasteiger partial charge in [0.1, 0.15) is 5.75 Å². The lowest BCUT2D eigenvalue weighted by atomic mass is 10.1. The molecule has 0 heterocycles. The van der Waals surface area contributed by atoms with E-state index < -0.39 is 5.82 Å². The van der Waals surface area contributed by atoms with Gasteiger partial charge in [-0.2, -0.15) is 0 Å². The Balaban J connectivity index is 2.26. The smallest absolute Gasteiger partial charge is 0.166 e. The molecule has 86 valence electrons. The van der Waals surface area contributed by atoms with E-state index in [2.05, 4.69) is 0 Å². The molecule has 2 aromatic rings. The van der Waals surface area contributed by atoms with Crippen LogP contribution in [0.4, 0.5) is 4.39 Å². The Morgan fingerprint density at radius 2 is 1.82 bits per heavy atom. The van der Waals surface area contributed by atoms with Crippen LogP contribution in [0.15, 0.2) is 48.5 Å². The highest BCUT2D eigenvalue weighted by atomic mass is 19.1. The van der Waals surface area contributed by atoms with Gasteiger partial charge in [-0.25, -0.2) is 4.39 Å². The molecule has 0 unspecified atom stereocenters. The molecule has 0 saturated carbocycles. The van der Waals surface area contributed by atoms with Gasteiger partial charge in [-0.1, -0.05) is 18.2 Å². The predicted molar refractivity (Wildman–Crippen MR) is 62.9 cm³/mol. The third-order valence-corrected chi connectivity index (χ3v) is 2.31. The number of Topliss-reactive ketones (excluding diaryl/α,β-unsaturated/α-hetero) is 1. The Kier molecular flexibility index (Phi) is 3.19. The highest BCUT2D eigenvalue weighted by molar-refractivity contribution is 5.94. The minimum Gasteiger partial charge on any atom is -0.454 e. The number of carbonyl (C=O) groups is 1. The average Bonchev–Trinajstić information content (AvgIpc) is 2.33. The molecule has 0 bridgehead atoms. The minimum absolute atomic E-state index is 0.112. The van der Waals surface area contributed by atoms with Gasteiger partial charge < -0.3 is 4.74 Å². The van der Waals surface area contributed by atoms with E-state index in [4.69, 9.17) is 4.74 Å². The fourth-order valence-corrected chi connectivity index (χ4v) is 1.42. The van der Waals surface area contributed by atoms with E-state index in [1.165, 1.54) is 19.1 Å². The van der Waals surface area contributed by atoms with Gasteiger partial charge in [0.15, 0.2) is 17.3 Å². The lowest BCUT2D eigenvalue weighted by molar-refractivity contribution is 0.101. The topological polar surface area (TPSA) is 26.3 Å². The zero-order valence-corrected chi connectivity index (χ0v) is 9.31. The maximum absolute atomic E-state index is 13.6. The molecule has 2 aromatic carbocycles. The van der Waals surface area contributed by atoms with Crippen molar-refractivity contribution in [3.63, 3.8) is 0 Å². The molecule has 0 atom stereocenters. The molecular weight excluding hydrogens is 219 g/mol. The molecule has 0 aromatic heterocycles. The maximum atomic E-state index is 13.6. The summed E-state index contributed by atoms with van der Waals surface area (Å²) >= 11 is 0. The van der Waals surface area contributed by atoms with Gasteiger partial charge in [-0.05, 0) is 37.3 Å². The van der Waals surface area contributed by atoms with Crippen molar-refractivity contribution >= 4 is 5.78 Å². The molecule has 0 spiro atoms. The summed E-state index contributed by atoms with van der Waals surface area (Å²) < 4.78 is 19.0. The van der Waals surface area contributed by atoms with Crippen LogP contribution in [0.5, 0.6) is 11.5 Å². The fraction of sp³-hybridized carbons (Fsp3) is 0.0714. The predicted octanol–water partition coefficient (Wildman–Crippen LogP) is 3.82. The third kappa shape index (κ3) is 2.69. The van der Waals surface area contributed by atoms with Crippen LogP contribution in [0.3, 0.4) is 0 Å². The minimum atomic E-state index is -0.540. The first-order chi connectivity index (χ1) is 8.16. The van der Waals surface area contributed by atoms with Crippen molar-refractivity contribution in [2.45, 2.75) is 6.92 Å². The van der Waals surface area contributed by atoms with E-state index >= 15 is 0 Å². The molecule has 2 rings (SSSR count). The van der Waals surface area contributed by atoms with E-state index in [9.17, 15) is 9.18 Å². The summed E-state index contributed by atoms with van der Waals surface area (Å²) in [5.74, 6) is -0.0418. The monoisotopic (exact) mass is 230 g/mol. The van der Waals surface area contributed by atoms with Gasteiger partial charge in [-0.3, -0.25) is 4.79 Å². The van der Waals surface area contributed by atoms with Gasteiger partial charge in [0.05, 0.1) is 0 Å². The summed E-state index contributed by atoms with van der Waals surface area (Å²) in [5, 5.41) is 0. The van der Waals surface area contributed by atoms with Crippen LogP contribution < -0.4 is 4.74 Å². The number of benzene rings is 2. The number of ether oxygens (including phenoxy) is 1. The fourth-order valence-electron chi connectivity index (χ4n) is 1.42. The summed E-state index contributed by atoms with van der Waals surface area (Å²) in [7, 11) is 0. The number of hydrogen-bond acceptors (Lipinski definition) is 2. The molecule has 0 fully saturated rings. The summed E-state index contributed by atoms with van der Waals surface area (Å²) in [6, 6.07) is 13.1. The molecule has 0 aliphatic heterocycles. The maximum Gasteiger partial charge on any atom is 0.166 e. The Bertz CT molecular complexity index is 535. The second-order valence-corrected chi connectivity index (χ2v) is 3.62. The molecule has 3 heteroatoms. The zero-order valence-electron chi connectivity index (χ0n) is 9.31. The van der Waals surface area contributed by atoms with Crippen LogP contribution >= 0.6 is 0 Å². The molecule has 2 nitrogen and oxygen atoms in total. The first-order valence-corrected chi connectivity index (χ1v) is 5.20. The molecule has 0 aliphatic rings. The number of ketones is 1. The number of halogens is 1. The molecule has 0 saturated heterocycles. The summed E-state index contributed by atoms with van der Waals surface area (Å²) in [4.78, 5) is 11.1. The van der Waals surface area contributed by atoms with Crippen molar-refractivity contribution in [1.82, 2.24) is 0 Å². The van der Waals surface area contributed by atoms with E-state index in [0.717, 1.165) is 0 Å². The van der Waals surface area contributed by atoms with Gasteiger partial charge in [0, 0.05) is 5.56 Å². The largest absolute Gasteiger partial charge is 0.454 e. The van der Waals surface area contributed by atoms with Crippen LogP contribution in [0.2, 0.25) is 0 Å². The Hall–Kier alpha value is -2.16. The lowest BCUT2D eigenvalue weighted by Crippen LogP contribution is -1.95. The summed E-state index contributed by atoms with van der Waals surface area (Å²) in [6.45, 7) is 1.40. The van der Waals surface area contributed by atoms with E-state index in [1.54, 1.807) is 30.3 Å². The van der Waals surface area contributed by atoms with Gasteiger partial charge in [-0.15, -0.1) is 0 Å². The molecule has 0 amide bonds. The van der Waals surface area contributed by atoms with Gasteiger partial charge in [0.25, 0.3) is 0 Å². The summed E-state index contributed by atoms with van der Waals surface area (Å²) in [5.41, 5.74) is 0.336. The first-order valence-electron chi connectivity index (χ1n) is 5.20. The van der Waals surface area contributed by atoms with Crippen molar-refractivity contribution in [3.8, 4) is 11.5 Å². The van der Waals surface area contributed by atoms with Crippen LogP contribution in [0.1, 0.15) is 17.3 Å². The highest BCUT2D eigenvalue weighted by Crippen LogP contribution is 2.24. The van der Waals surface area contributed by atoms with Crippen LogP contribution in [-0.4, -0.2) is 5.78 Å². The second kappa shape index (κ2) is 4.78. The van der Waals surface area contributed by atoms with Gasteiger partial charge >= 0.3 is 0 Å². The van der Waals surface area contributed by atoms with E-state index in [-0.39, 0.29) is 11.5 Å².